The van der Waals surface area contributed by atoms with Gasteiger partial charge in [0.2, 0.25) is 0 Å². The van der Waals surface area contributed by atoms with Crippen LogP contribution in [0.3, 0.4) is 0 Å². The first kappa shape index (κ1) is 11.7. The molecule has 0 spiro atoms. The largest absolute Gasteiger partial charge is 0.378 e. The van der Waals surface area contributed by atoms with Crippen molar-refractivity contribution in [2.45, 2.75) is 69.3 Å². The zero-order valence-electron chi connectivity index (χ0n) is 9.59. The molecule has 2 aliphatic rings. The summed E-state index contributed by atoms with van der Waals surface area (Å²) < 4.78 is 5.67. The molecule has 1 heterocycles. The zero-order valence-corrected chi connectivity index (χ0v) is 10.3. The van der Waals surface area contributed by atoms with Crippen molar-refractivity contribution in [3.05, 3.63) is 0 Å². The number of rotatable bonds is 3. The van der Waals surface area contributed by atoms with Crippen LogP contribution in [0.25, 0.3) is 0 Å². The van der Waals surface area contributed by atoms with Gasteiger partial charge in [-0.1, -0.05) is 19.3 Å². The molecule has 2 rings (SSSR count). The Kier molecular flexibility index (Phi) is 4.77. The van der Waals surface area contributed by atoms with E-state index in [0.29, 0.717) is 11.5 Å². The Bertz CT molecular complexity index is 177. The summed E-state index contributed by atoms with van der Waals surface area (Å²) in [5.74, 6) is 0.762. The fourth-order valence-corrected chi connectivity index (χ4v) is 3.34. The molecule has 3 atom stereocenters. The van der Waals surface area contributed by atoms with Crippen LogP contribution in [0.5, 0.6) is 0 Å². The highest BCUT2D eigenvalue weighted by Gasteiger charge is 2.24. The molecule has 88 valence electrons. The summed E-state index contributed by atoms with van der Waals surface area (Å²) in [5.41, 5.74) is 0. The van der Waals surface area contributed by atoms with Crippen LogP contribution in [0.2, 0.25) is 0 Å². The molecule has 1 saturated heterocycles. The Morgan fingerprint density at radius 3 is 2.60 bits per heavy atom. The Labute approximate surface area is 98.5 Å². The van der Waals surface area contributed by atoms with E-state index in [4.69, 9.17) is 16.3 Å². The second-order valence-corrected chi connectivity index (χ2v) is 5.69. The molecule has 1 saturated carbocycles. The van der Waals surface area contributed by atoms with Gasteiger partial charge in [-0.2, -0.15) is 0 Å². The standard InChI is InChI=1S/C13H23ClO/c14-13-7-3-1-2-5-11(13)8-9-12-6-4-10-15-12/h11-13H,1-10H2. The van der Waals surface area contributed by atoms with Crippen molar-refractivity contribution < 1.29 is 4.74 Å². The molecular weight excluding hydrogens is 208 g/mol. The maximum absolute atomic E-state index is 6.43. The molecule has 0 bridgehead atoms. The summed E-state index contributed by atoms with van der Waals surface area (Å²) in [6.07, 6.45) is 12.3. The predicted molar refractivity (Wildman–Crippen MR) is 64.4 cm³/mol. The van der Waals surface area contributed by atoms with Gasteiger partial charge in [-0.25, -0.2) is 0 Å². The molecule has 2 heteroatoms. The molecule has 3 unspecified atom stereocenters. The second-order valence-electron chi connectivity index (χ2n) is 5.13. The zero-order chi connectivity index (χ0) is 10.5. The summed E-state index contributed by atoms with van der Waals surface area (Å²) in [5, 5.41) is 0.439. The summed E-state index contributed by atoms with van der Waals surface area (Å²) in [7, 11) is 0. The normalized spacial score (nSPS) is 37.8. The number of hydrogen-bond acceptors (Lipinski definition) is 1. The van der Waals surface area contributed by atoms with Gasteiger partial charge in [0, 0.05) is 12.0 Å². The third kappa shape index (κ3) is 3.64. The predicted octanol–water partition coefficient (Wildman–Crippen LogP) is 4.13. The van der Waals surface area contributed by atoms with Crippen LogP contribution in [0.4, 0.5) is 0 Å². The smallest absolute Gasteiger partial charge is 0.0576 e. The molecule has 0 aromatic carbocycles. The van der Waals surface area contributed by atoms with E-state index < -0.39 is 0 Å². The van der Waals surface area contributed by atoms with Crippen molar-refractivity contribution in [1.29, 1.82) is 0 Å². The Morgan fingerprint density at radius 1 is 0.933 bits per heavy atom. The van der Waals surface area contributed by atoms with Crippen molar-refractivity contribution in [1.82, 2.24) is 0 Å². The van der Waals surface area contributed by atoms with Gasteiger partial charge < -0.3 is 4.74 Å². The van der Waals surface area contributed by atoms with Gasteiger partial charge in [0.25, 0.3) is 0 Å². The molecule has 1 aliphatic carbocycles. The highest BCUT2D eigenvalue weighted by Crippen LogP contribution is 2.32. The lowest BCUT2D eigenvalue weighted by Gasteiger charge is -2.20. The Hall–Kier alpha value is 0.250. The van der Waals surface area contributed by atoms with Crippen LogP contribution in [0, 0.1) is 5.92 Å². The number of alkyl halides is 1. The molecule has 0 amide bonds. The van der Waals surface area contributed by atoms with E-state index in [0.717, 1.165) is 12.5 Å². The minimum absolute atomic E-state index is 0.439. The number of ether oxygens (including phenoxy) is 1. The van der Waals surface area contributed by atoms with E-state index in [9.17, 15) is 0 Å². The van der Waals surface area contributed by atoms with Crippen molar-refractivity contribution in [2.24, 2.45) is 5.92 Å². The molecule has 1 aliphatic heterocycles. The summed E-state index contributed by atoms with van der Waals surface area (Å²) in [4.78, 5) is 0. The lowest BCUT2D eigenvalue weighted by atomic mass is 9.92. The molecule has 15 heavy (non-hydrogen) atoms. The van der Waals surface area contributed by atoms with Crippen LogP contribution < -0.4 is 0 Å². The van der Waals surface area contributed by atoms with Crippen LogP contribution in [0.1, 0.15) is 57.8 Å². The van der Waals surface area contributed by atoms with Crippen molar-refractivity contribution >= 4 is 11.6 Å². The van der Waals surface area contributed by atoms with Crippen molar-refractivity contribution in [2.75, 3.05) is 6.61 Å². The molecule has 0 aromatic heterocycles. The van der Waals surface area contributed by atoms with Gasteiger partial charge in [-0.05, 0) is 44.4 Å². The summed E-state index contributed by atoms with van der Waals surface area (Å²) >= 11 is 6.43. The molecule has 0 N–H and O–H groups in total. The molecule has 1 nitrogen and oxygen atoms in total. The fraction of sp³-hybridized carbons (Fsp3) is 1.00. The summed E-state index contributed by atoms with van der Waals surface area (Å²) in [6, 6.07) is 0. The number of hydrogen-bond donors (Lipinski definition) is 0. The topological polar surface area (TPSA) is 9.23 Å². The van der Waals surface area contributed by atoms with Crippen molar-refractivity contribution in [3.63, 3.8) is 0 Å². The van der Waals surface area contributed by atoms with E-state index in [1.165, 1.54) is 57.8 Å². The van der Waals surface area contributed by atoms with Crippen LogP contribution in [0.15, 0.2) is 0 Å². The minimum Gasteiger partial charge on any atom is -0.378 e. The van der Waals surface area contributed by atoms with E-state index in [-0.39, 0.29) is 0 Å². The lowest BCUT2D eigenvalue weighted by molar-refractivity contribution is 0.0974. The third-order valence-electron chi connectivity index (χ3n) is 3.95. The third-order valence-corrected chi connectivity index (χ3v) is 4.52. The first-order valence-electron chi connectivity index (χ1n) is 6.62. The second kappa shape index (κ2) is 6.10. The number of halogens is 1. The highest BCUT2D eigenvalue weighted by molar-refractivity contribution is 6.20. The fourth-order valence-electron chi connectivity index (χ4n) is 2.94. The average molecular weight is 231 g/mol. The average Bonchev–Trinajstić information content (AvgIpc) is 2.67. The van der Waals surface area contributed by atoms with Gasteiger partial charge >= 0.3 is 0 Å². The SMILES string of the molecule is ClC1CCCCCC1CCC1CCCO1. The van der Waals surface area contributed by atoms with Gasteiger partial charge in [0.05, 0.1) is 6.10 Å². The quantitative estimate of drug-likeness (QED) is 0.523. The van der Waals surface area contributed by atoms with E-state index in [1.807, 2.05) is 0 Å². The van der Waals surface area contributed by atoms with Gasteiger partial charge in [0.15, 0.2) is 0 Å². The summed E-state index contributed by atoms with van der Waals surface area (Å²) in [6.45, 7) is 0.986. The first-order chi connectivity index (χ1) is 7.36. The van der Waals surface area contributed by atoms with Gasteiger partial charge in [0.1, 0.15) is 0 Å². The molecule has 0 radical (unpaired) electrons. The minimum atomic E-state index is 0.439. The van der Waals surface area contributed by atoms with Gasteiger partial charge in [-0.3, -0.25) is 0 Å². The maximum Gasteiger partial charge on any atom is 0.0576 e. The lowest BCUT2D eigenvalue weighted by Crippen LogP contribution is -2.16. The Morgan fingerprint density at radius 2 is 1.80 bits per heavy atom. The molecule has 2 fully saturated rings. The Balaban J connectivity index is 1.71. The van der Waals surface area contributed by atoms with E-state index in [2.05, 4.69) is 0 Å². The van der Waals surface area contributed by atoms with Crippen LogP contribution >= 0.6 is 11.6 Å². The van der Waals surface area contributed by atoms with Crippen LogP contribution in [-0.4, -0.2) is 18.1 Å². The van der Waals surface area contributed by atoms with E-state index >= 15 is 0 Å². The first-order valence-corrected chi connectivity index (χ1v) is 7.05. The highest BCUT2D eigenvalue weighted by atomic mass is 35.5. The van der Waals surface area contributed by atoms with Crippen LogP contribution in [-0.2, 0) is 4.74 Å². The van der Waals surface area contributed by atoms with Gasteiger partial charge in [-0.15, -0.1) is 11.6 Å². The maximum atomic E-state index is 6.43. The molecular formula is C13H23ClO. The monoisotopic (exact) mass is 230 g/mol. The van der Waals surface area contributed by atoms with E-state index in [1.54, 1.807) is 0 Å². The molecule has 0 aromatic rings. The van der Waals surface area contributed by atoms with Crippen molar-refractivity contribution in [3.8, 4) is 0 Å².